The third kappa shape index (κ3) is 4.72. The number of hydrogen-bond donors (Lipinski definition) is 1. The van der Waals surface area contributed by atoms with E-state index in [0.717, 1.165) is 4.47 Å². The highest BCUT2D eigenvalue weighted by Crippen LogP contribution is 2.25. The SMILES string of the molecule is COCC(NS(=O)(=O)c1ccc(Br)cc1Cl)C(C)C. The molecule has 0 fully saturated rings. The van der Waals surface area contributed by atoms with Crippen LogP contribution in [0.25, 0.3) is 0 Å². The van der Waals surface area contributed by atoms with Crippen molar-refractivity contribution in [2.45, 2.75) is 24.8 Å². The molecule has 1 aromatic carbocycles. The van der Waals surface area contributed by atoms with Crippen molar-refractivity contribution in [1.82, 2.24) is 4.72 Å². The summed E-state index contributed by atoms with van der Waals surface area (Å²) in [5.41, 5.74) is 0. The lowest BCUT2D eigenvalue weighted by molar-refractivity contribution is 0.157. The van der Waals surface area contributed by atoms with Crippen LogP contribution in [0.2, 0.25) is 5.02 Å². The Balaban J connectivity index is 3.03. The van der Waals surface area contributed by atoms with E-state index in [1.54, 1.807) is 12.1 Å². The molecule has 4 nitrogen and oxygen atoms in total. The summed E-state index contributed by atoms with van der Waals surface area (Å²) in [4.78, 5) is 0.0686. The van der Waals surface area contributed by atoms with Gasteiger partial charge in [0.15, 0.2) is 0 Å². The van der Waals surface area contributed by atoms with E-state index in [-0.39, 0.29) is 21.9 Å². The van der Waals surface area contributed by atoms with Gasteiger partial charge in [0.25, 0.3) is 0 Å². The quantitative estimate of drug-likeness (QED) is 0.837. The van der Waals surface area contributed by atoms with Gasteiger partial charge in [-0.15, -0.1) is 0 Å². The lowest BCUT2D eigenvalue weighted by atomic mass is 10.1. The molecule has 1 rings (SSSR count). The summed E-state index contributed by atoms with van der Waals surface area (Å²) in [6.45, 7) is 4.16. The first kappa shape index (κ1) is 16.9. The van der Waals surface area contributed by atoms with Crippen molar-refractivity contribution in [2.75, 3.05) is 13.7 Å². The molecule has 0 amide bonds. The Morgan fingerprint density at radius 2 is 2.05 bits per heavy atom. The number of nitrogens with one attached hydrogen (secondary N) is 1. The highest BCUT2D eigenvalue weighted by molar-refractivity contribution is 9.10. The lowest BCUT2D eigenvalue weighted by Crippen LogP contribution is -2.41. The summed E-state index contributed by atoms with van der Waals surface area (Å²) in [6, 6.07) is 4.37. The molecular weight excluding hydrogens is 354 g/mol. The van der Waals surface area contributed by atoms with E-state index in [9.17, 15) is 8.42 Å². The average Bonchev–Trinajstić information content (AvgIpc) is 2.27. The summed E-state index contributed by atoms with van der Waals surface area (Å²) >= 11 is 9.22. The monoisotopic (exact) mass is 369 g/mol. The molecule has 1 N–H and O–H groups in total. The predicted molar refractivity (Wildman–Crippen MR) is 80.0 cm³/mol. The van der Waals surface area contributed by atoms with Crippen LogP contribution in [0.5, 0.6) is 0 Å². The van der Waals surface area contributed by atoms with E-state index in [0.29, 0.717) is 6.61 Å². The molecule has 1 unspecified atom stereocenters. The van der Waals surface area contributed by atoms with Crippen LogP contribution >= 0.6 is 27.5 Å². The van der Waals surface area contributed by atoms with Gasteiger partial charge in [-0.05, 0) is 24.1 Å². The Morgan fingerprint density at radius 1 is 1.42 bits per heavy atom. The van der Waals surface area contributed by atoms with Crippen LogP contribution < -0.4 is 4.72 Å². The zero-order valence-corrected chi connectivity index (χ0v) is 14.1. The molecule has 0 saturated carbocycles. The average molecular weight is 371 g/mol. The number of sulfonamides is 1. The van der Waals surface area contributed by atoms with Crippen LogP contribution in [-0.2, 0) is 14.8 Å². The second-order valence-electron chi connectivity index (χ2n) is 4.50. The smallest absolute Gasteiger partial charge is 0.242 e. The van der Waals surface area contributed by atoms with Gasteiger partial charge in [0, 0.05) is 17.6 Å². The molecule has 0 aromatic heterocycles. The first-order chi connectivity index (χ1) is 8.77. The fourth-order valence-electron chi connectivity index (χ4n) is 1.50. The summed E-state index contributed by atoms with van der Waals surface area (Å²) in [5, 5.41) is 0.182. The number of halogens is 2. The standard InChI is InChI=1S/C12H17BrClNO3S/c1-8(2)11(7-18-3)15-19(16,17)12-5-4-9(13)6-10(12)14/h4-6,8,11,15H,7H2,1-3H3. The van der Waals surface area contributed by atoms with Gasteiger partial charge in [0.2, 0.25) is 10.0 Å². The van der Waals surface area contributed by atoms with Crippen molar-refractivity contribution < 1.29 is 13.2 Å². The Labute approximate surface area is 127 Å². The maximum absolute atomic E-state index is 12.3. The minimum atomic E-state index is -3.66. The predicted octanol–water partition coefficient (Wildman–Crippen LogP) is 3.05. The van der Waals surface area contributed by atoms with Crippen LogP contribution in [0, 0.1) is 5.92 Å². The van der Waals surface area contributed by atoms with E-state index in [1.165, 1.54) is 13.2 Å². The van der Waals surface area contributed by atoms with Crippen molar-refractivity contribution in [3.8, 4) is 0 Å². The van der Waals surface area contributed by atoms with Crippen molar-refractivity contribution in [2.24, 2.45) is 5.92 Å². The maximum Gasteiger partial charge on any atom is 0.242 e. The van der Waals surface area contributed by atoms with Gasteiger partial charge in [-0.2, -0.15) is 0 Å². The molecular formula is C12H17BrClNO3S. The molecule has 0 aliphatic rings. The molecule has 7 heteroatoms. The zero-order chi connectivity index (χ0) is 14.6. The van der Waals surface area contributed by atoms with Gasteiger partial charge in [-0.25, -0.2) is 13.1 Å². The Morgan fingerprint density at radius 3 is 2.53 bits per heavy atom. The van der Waals surface area contributed by atoms with E-state index >= 15 is 0 Å². The van der Waals surface area contributed by atoms with Crippen molar-refractivity contribution >= 4 is 37.6 Å². The number of benzene rings is 1. The minimum absolute atomic E-state index is 0.0686. The highest BCUT2D eigenvalue weighted by Gasteiger charge is 2.24. The van der Waals surface area contributed by atoms with E-state index in [2.05, 4.69) is 20.7 Å². The molecule has 0 aliphatic carbocycles. The lowest BCUT2D eigenvalue weighted by Gasteiger charge is -2.21. The number of methoxy groups -OCH3 is 1. The van der Waals surface area contributed by atoms with Gasteiger partial charge in [-0.1, -0.05) is 41.4 Å². The van der Waals surface area contributed by atoms with Crippen LogP contribution in [-0.4, -0.2) is 28.2 Å². The second-order valence-corrected chi connectivity index (χ2v) is 7.51. The van der Waals surface area contributed by atoms with E-state index < -0.39 is 10.0 Å². The first-order valence-electron chi connectivity index (χ1n) is 5.74. The molecule has 0 heterocycles. The highest BCUT2D eigenvalue weighted by atomic mass is 79.9. The molecule has 0 saturated heterocycles. The Hall–Kier alpha value is -0.140. The number of rotatable bonds is 6. The molecule has 1 aromatic rings. The van der Waals surface area contributed by atoms with Crippen LogP contribution in [0.3, 0.4) is 0 Å². The van der Waals surface area contributed by atoms with Gasteiger partial charge in [-0.3, -0.25) is 0 Å². The van der Waals surface area contributed by atoms with Gasteiger partial charge < -0.3 is 4.74 Å². The number of hydrogen-bond acceptors (Lipinski definition) is 3. The Bertz CT molecular complexity index is 534. The fourth-order valence-corrected chi connectivity index (χ4v) is 3.90. The van der Waals surface area contributed by atoms with Crippen LogP contribution in [0.4, 0.5) is 0 Å². The topological polar surface area (TPSA) is 55.4 Å². The summed E-state index contributed by atoms with van der Waals surface area (Å²) in [6.07, 6.45) is 0. The van der Waals surface area contributed by atoms with Crippen molar-refractivity contribution in [3.63, 3.8) is 0 Å². The molecule has 0 aliphatic heterocycles. The van der Waals surface area contributed by atoms with Crippen LogP contribution in [0.1, 0.15) is 13.8 Å². The maximum atomic E-state index is 12.3. The largest absolute Gasteiger partial charge is 0.383 e. The third-order valence-electron chi connectivity index (χ3n) is 2.64. The summed E-state index contributed by atoms with van der Waals surface area (Å²) < 4.78 is 33.0. The third-order valence-corrected chi connectivity index (χ3v) is 5.11. The van der Waals surface area contributed by atoms with Crippen LogP contribution in [0.15, 0.2) is 27.6 Å². The van der Waals surface area contributed by atoms with Crippen molar-refractivity contribution in [1.29, 1.82) is 0 Å². The fraction of sp³-hybridized carbons (Fsp3) is 0.500. The zero-order valence-electron chi connectivity index (χ0n) is 11.0. The molecule has 108 valence electrons. The van der Waals surface area contributed by atoms with E-state index in [4.69, 9.17) is 16.3 Å². The summed E-state index contributed by atoms with van der Waals surface area (Å²) in [5.74, 6) is 0.115. The molecule has 0 bridgehead atoms. The first-order valence-corrected chi connectivity index (χ1v) is 8.39. The number of ether oxygens (including phenoxy) is 1. The molecule has 1 atom stereocenters. The van der Waals surface area contributed by atoms with Gasteiger partial charge in [0.05, 0.1) is 11.6 Å². The normalized spacial score (nSPS) is 13.8. The minimum Gasteiger partial charge on any atom is -0.383 e. The Kier molecular flexibility index (Phi) is 6.26. The van der Waals surface area contributed by atoms with E-state index in [1.807, 2.05) is 13.8 Å². The van der Waals surface area contributed by atoms with Crippen molar-refractivity contribution in [3.05, 3.63) is 27.7 Å². The van der Waals surface area contributed by atoms with Gasteiger partial charge in [0.1, 0.15) is 4.90 Å². The molecule has 0 spiro atoms. The second kappa shape index (κ2) is 7.04. The molecule has 0 radical (unpaired) electrons. The molecule has 19 heavy (non-hydrogen) atoms. The van der Waals surface area contributed by atoms with Gasteiger partial charge >= 0.3 is 0 Å². The summed E-state index contributed by atoms with van der Waals surface area (Å²) in [7, 11) is -2.12.